The molecule has 0 bridgehead atoms. The maximum Gasteiger partial charge on any atom is 0.118 e. The van der Waals surface area contributed by atoms with Gasteiger partial charge in [0, 0.05) is 12.6 Å². The van der Waals surface area contributed by atoms with Crippen LogP contribution in [-0.4, -0.2) is 26.3 Å². The summed E-state index contributed by atoms with van der Waals surface area (Å²) in [5, 5.41) is 3.61. The third-order valence-corrected chi connectivity index (χ3v) is 4.04. The van der Waals surface area contributed by atoms with Gasteiger partial charge in [-0.3, -0.25) is 0 Å². The molecule has 1 N–H and O–H groups in total. The number of ether oxygens (including phenoxy) is 2. The minimum atomic E-state index is 0.673. The van der Waals surface area contributed by atoms with Crippen LogP contribution in [0.3, 0.4) is 0 Å². The van der Waals surface area contributed by atoms with Gasteiger partial charge in [-0.05, 0) is 36.5 Å². The van der Waals surface area contributed by atoms with Crippen LogP contribution in [0.15, 0.2) is 24.3 Å². The quantitative estimate of drug-likeness (QED) is 0.775. The van der Waals surface area contributed by atoms with Crippen molar-refractivity contribution in [2.75, 3.05) is 20.3 Å². The van der Waals surface area contributed by atoms with E-state index in [0.717, 1.165) is 24.8 Å². The van der Waals surface area contributed by atoms with Crippen LogP contribution in [0.4, 0.5) is 0 Å². The fourth-order valence-corrected chi connectivity index (χ4v) is 2.87. The van der Waals surface area contributed by atoms with Gasteiger partial charge in [0.15, 0.2) is 0 Å². The van der Waals surface area contributed by atoms with E-state index in [1.807, 2.05) is 12.1 Å². The molecule has 2 atom stereocenters. The minimum Gasteiger partial charge on any atom is -0.497 e. The second-order valence-electron chi connectivity index (χ2n) is 5.82. The molecule has 0 amide bonds. The van der Waals surface area contributed by atoms with Crippen molar-refractivity contribution < 1.29 is 9.47 Å². The van der Waals surface area contributed by atoms with Crippen molar-refractivity contribution in [2.45, 2.75) is 45.3 Å². The van der Waals surface area contributed by atoms with Crippen molar-refractivity contribution in [1.82, 2.24) is 5.32 Å². The van der Waals surface area contributed by atoms with E-state index in [9.17, 15) is 0 Å². The van der Waals surface area contributed by atoms with Gasteiger partial charge >= 0.3 is 0 Å². The van der Waals surface area contributed by atoms with Gasteiger partial charge in [0.05, 0.1) is 20.3 Å². The molecule has 0 aromatic heterocycles. The topological polar surface area (TPSA) is 30.5 Å². The van der Waals surface area contributed by atoms with Gasteiger partial charge in [0.1, 0.15) is 5.75 Å². The van der Waals surface area contributed by atoms with Crippen LogP contribution in [0.25, 0.3) is 0 Å². The second-order valence-corrected chi connectivity index (χ2v) is 5.82. The molecule has 0 spiro atoms. The molecular weight excluding hydrogens is 250 g/mol. The fourth-order valence-electron chi connectivity index (χ4n) is 2.87. The second kappa shape index (κ2) is 8.28. The summed E-state index contributed by atoms with van der Waals surface area (Å²) < 4.78 is 10.8. The van der Waals surface area contributed by atoms with E-state index in [4.69, 9.17) is 9.47 Å². The molecule has 1 aliphatic carbocycles. The molecule has 20 heavy (non-hydrogen) atoms. The molecule has 0 aliphatic heterocycles. The first-order valence-electron chi connectivity index (χ1n) is 7.72. The molecule has 1 aromatic carbocycles. The monoisotopic (exact) mass is 277 g/mol. The van der Waals surface area contributed by atoms with E-state index in [2.05, 4.69) is 24.4 Å². The highest BCUT2D eigenvalue weighted by atomic mass is 16.5. The van der Waals surface area contributed by atoms with Gasteiger partial charge in [-0.25, -0.2) is 0 Å². The summed E-state index contributed by atoms with van der Waals surface area (Å²) in [4.78, 5) is 0. The summed E-state index contributed by atoms with van der Waals surface area (Å²) in [6.45, 7) is 4.76. The van der Waals surface area contributed by atoms with E-state index in [1.165, 1.54) is 31.2 Å². The molecule has 1 aromatic rings. The van der Waals surface area contributed by atoms with Gasteiger partial charge in [0.25, 0.3) is 0 Å². The number of hydrogen-bond acceptors (Lipinski definition) is 3. The molecule has 2 rings (SSSR count). The fraction of sp³-hybridized carbons (Fsp3) is 0.647. The Hall–Kier alpha value is -1.06. The molecule has 0 saturated heterocycles. The predicted octanol–water partition coefficient (Wildman–Crippen LogP) is 3.38. The Morgan fingerprint density at radius 3 is 2.70 bits per heavy atom. The van der Waals surface area contributed by atoms with E-state index in [1.54, 1.807) is 7.11 Å². The van der Waals surface area contributed by atoms with Gasteiger partial charge in [-0.15, -0.1) is 0 Å². The summed E-state index contributed by atoms with van der Waals surface area (Å²) >= 11 is 0. The van der Waals surface area contributed by atoms with E-state index in [0.29, 0.717) is 12.6 Å². The highest BCUT2D eigenvalue weighted by Gasteiger charge is 2.17. The number of methoxy groups -OCH3 is 1. The molecule has 1 aliphatic rings. The standard InChI is InChI=1S/C17H27NO2/c1-14-4-3-5-16(12-14)18-10-11-20-13-15-6-8-17(19-2)9-7-15/h6-9,14,16,18H,3-5,10-13H2,1-2H3. The largest absolute Gasteiger partial charge is 0.497 e. The highest BCUT2D eigenvalue weighted by Crippen LogP contribution is 2.23. The zero-order valence-electron chi connectivity index (χ0n) is 12.7. The molecule has 2 unspecified atom stereocenters. The average Bonchev–Trinajstić information content (AvgIpc) is 2.48. The van der Waals surface area contributed by atoms with Crippen molar-refractivity contribution in [2.24, 2.45) is 5.92 Å². The van der Waals surface area contributed by atoms with Crippen LogP contribution in [0.1, 0.15) is 38.2 Å². The zero-order chi connectivity index (χ0) is 14.2. The number of benzene rings is 1. The van der Waals surface area contributed by atoms with Crippen LogP contribution in [-0.2, 0) is 11.3 Å². The molecular formula is C17H27NO2. The maximum atomic E-state index is 5.71. The number of rotatable bonds is 7. The highest BCUT2D eigenvalue weighted by molar-refractivity contribution is 5.26. The smallest absolute Gasteiger partial charge is 0.118 e. The Bertz CT molecular complexity index is 377. The minimum absolute atomic E-state index is 0.673. The lowest BCUT2D eigenvalue weighted by atomic mass is 9.87. The molecule has 112 valence electrons. The summed E-state index contributed by atoms with van der Waals surface area (Å²) in [6.07, 6.45) is 5.40. The summed E-state index contributed by atoms with van der Waals surface area (Å²) in [5.41, 5.74) is 1.19. The number of nitrogens with one attached hydrogen (secondary N) is 1. The van der Waals surface area contributed by atoms with E-state index < -0.39 is 0 Å². The lowest BCUT2D eigenvalue weighted by molar-refractivity contribution is 0.118. The lowest BCUT2D eigenvalue weighted by Crippen LogP contribution is -2.35. The van der Waals surface area contributed by atoms with Gasteiger partial charge in [-0.1, -0.05) is 31.9 Å². The van der Waals surface area contributed by atoms with E-state index >= 15 is 0 Å². The maximum absolute atomic E-state index is 5.71. The van der Waals surface area contributed by atoms with Gasteiger partial charge in [-0.2, -0.15) is 0 Å². The first kappa shape index (κ1) is 15.3. The Morgan fingerprint density at radius 1 is 1.20 bits per heavy atom. The Labute approximate surface area is 122 Å². The SMILES string of the molecule is COc1ccc(COCCNC2CCCC(C)C2)cc1. The third kappa shape index (κ3) is 5.14. The molecule has 3 heteroatoms. The van der Waals surface area contributed by atoms with E-state index in [-0.39, 0.29) is 0 Å². The normalized spacial score (nSPS) is 22.7. The molecule has 1 fully saturated rings. The molecule has 1 saturated carbocycles. The Balaban J connectivity index is 1.56. The summed E-state index contributed by atoms with van der Waals surface area (Å²) in [6, 6.07) is 8.74. The van der Waals surface area contributed by atoms with Gasteiger partial charge in [0.2, 0.25) is 0 Å². The van der Waals surface area contributed by atoms with Crippen LogP contribution in [0.5, 0.6) is 5.75 Å². The van der Waals surface area contributed by atoms with Crippen molar-refractivity contribution in [3.05, 3.63) is 29.8 Å². The first-order chi connectivity index (χ1) is 9.78. The zero-order valence-corrected chi connectivity index (χ0v) is 12.7. The van der Waals surface area contributed by atoms with Crippen LogP contribution in [0.2, 0.25) is 0 Å². The van der Waals surface area contributed by atoms with Crippen LogP contribution >= 0.6 is 0 Å². The Kier molecular flexibility index (Phi) is 6.34. The summed E-state index contributed by atoms with van der Waals surface area (Å²) in [5.74, 6) is 1.77. The van der Waals surface area contributed by atoms with Crippen LogP contribution in [0, 0.1) is 5.92 Å². The lowest BCUT2D eigenvalue weighted by Gasteiger charge is -2.27. The molecule has 0 radical (unpaired) electrons. The predicted molar refractivity (Wildman–Crippen MR) is 82.1 cm³/mol. The third-order valence-electron chi connectivity index (χ3n) is 4.04. The average molecular weight is 277 g/mol. The van der Waals surface area contributed by atoms with Crippen LogP contribution < -0.4 is 10.1 Å². The van der Waals surface area contributed by atoms with Gasteiger partial charge < -0.3 is 14.8 Å². The molecule has 0 heterocycles. The number of hydrogen-bond donors (Lipinski definition) is 1. The molecule has 3 nitrogen and oxygen atoms in total. The van der Waals surface area contributed by atoms with Crippen molar-refractivity contribution in [1.29, 1.82) is 0 Å². The first-order valence-corrected chi connectivity index (χ1v) is 7.72. The Morgan fingerprint density at radius 2 is 2.00 bits per heavy atom. The van der Waals surface area contributed by atoms with Crippen molar-refractivity contribution in [3.63, 3.8) is 0 Å². The van der Waals surface area contributed by atoms with Crippen molar-refractivity contribution in [3.8, 4) is 5.75 Å². The van der Waals surface area contributed by atoms with Crippen molar-refractivity contribution >= 4 is 0 Å². The summed E-state index contributed by atoms with van der Waals surface area (Å²) in [7, 11) is 1.68.